The Kier molecular flexibility index (Phi) is 13.3. The van der Waals surface area contributed by atoms with Crippen molar-refractivity contribution < 1.29 is 42.4 Å². The molecule has 2 aliphatic rings. The maximum atomic E-state index is 14.0. The first-order chi connectivity index (χ1) is 26.6. The van der Waals surface area contributed by atoms with Crippen LogP contribution in [0.5, 0.6) is 0 Å². The van der Waals surface area contributed by atoms with Gasteiger partial charge in [0.15, 0.2) is 6.29 Å². The lowest BCUT2D eigenvalue weighted by Gasteiger charge is -2.46. The molecule has 4 aromatic carbocycles. The zero-order valence-electron chi connectivity index (χ0n) is 32.1. The average Bonchev–Trinajstić information content (AvgIpc) is 3.20. The number of hydrogen-bond acceptors (Lipinski definition) is 9. The average molecular weight is 763 g/mol. The van der Waals surface area contributed by atoms with Gasteiger partial charge < -0.3 is 32.8 Å². The van der Waals surface area contributed by atoms with Crippen LogP contribution in [0.4, 0.5) is 0 Å². The minimum Gasteiger partial charge on any atom is -0.463 e. The van der Waals surface area contributed by atoms with Gasteiger partial charge in [-0.15, -0.1) is 0 Å². The van der Waals surface area contributed by atoms with Crippen molar-refractivity contribution in [2.75, 3.05) is 27.1 Å². The van der Waals surface area contributed by atoms with Gasteiger partial charge in [0.05, 0.1) is 24.7 Å². The van der Waals surface area contributed by atoms with Crippen molar-refractivity contribution in [2.45, 2.75) is 63.9 Å². The fourth-order valence-electron chi connectivity index (χ4n) is 7.51. The van der Waals surface area contributed by atoms with Crippen molar-refractivity contribution in [2.24, 2.45) is 5.92 Å². The van der Waals surface area contributed by atoms with E-state index in [1.807, 2.05) is 84.9 Å². The van der Waals surface area contributed by atoms with Crippen LogP contribution in [0.3, 0.4) is 0 Å². The third-order valence-corrected chi connectivity index (χ3v) is 15.0. The van der Waals surface area contributed by atoms with Crippen molar-refractivity contribution in [1.29, 1.82) is 0 Å². The van der Waals surface area contributed by atoms with E-state index < -0.39 is 50.8 Å². The lowest BCUT2D eigenvalue weighted by molar-refractivity contribution is -0.184. The summed E-state index contributed by atoms with van der Waals surface area (Å²) in [5.74, 6) is -1.59. The summed E-state index contributed by atoms with van der Waals surface area (Å²) < 4.78 is 44.0. The van der Waals surface area contributed by atoms with Gasteiger partial charge in [-0.2, -0.15) is 0 Å². The number of hydrogen-bond donors (Lipinski definition) is 0. The van der Waals surface area contributed by atoms with E-state index in [2.05, 4.69) is 45.0 Å². The first kappa shape index (κ1) is 40.0. The molecule has 5 unspecified atom stereocenters. The Morgan fingerprint density at radius 1 is 0.764 bits per heavy atom. The lowest BCUT2D eigenvalue weighted by atomic mass is 9.75. The van der Waals surface area contributed by atoms with Gasteiger partial charge in [-0.1, -0.05) is 130 Å². The standard InChI is InChI=1S/C45H50O9Si/c1-32(46)50-30-40-42-38(27-41(48-5)53-40)39(51-31-49-28-33-18-10-6-11-19-33)26-35(43(42)54-44(47)34-20-12-7-13-21-34)29-52-55(45(2,3)4,36-22-14-8-15-23-36)37-24-16-9-17-25-37/h6-27,39-43H,28-31H2,1-5H3. The van der Waals surface area contributed by atoms with Gasteiger partial charge >= 0.3 is 11.9 Å². The zero-order valence-corrected chi connectivity index (χ0v) is 33.1. The van der Waals surface area contributed by atoms with E-state index >= 15 is 0 Å². The Labute approximate surface area is 324 Å². The van der Waals surface area contributed by atoms with Crippen LogP contribution in [0.25, 0.3) is 0 Å². The Hall–Kier alpha value is -4.68. The van der Waals surface area contributed by atoms with E-state index in [1.165, 1.54) is 6.92 Å². The number of benzene rings is 4. The predicted octanol–water partition coefficient (Wildman–Crippen LogP) is 6.77. The Bertz CT molecular complexity index is 1870. The van der Waals surface area contributed by atoms with E-state index in [0.29, 0.717) is 17.7 Å². The normalized spacial score (nSPS) is 21.1. The molecule has 0 saturated carbocycles. The first-order valence-corrected chi connectivity index (χ1v) is 20.5. The molecule has 0 aromatic heterocycles. The molecule has 0 spiro atoms. The first-order valence-electron chi connectivity index (χ1n) is 18.6. The molecule has 1 heterocycles. The summed E-state index contributed by atoms with van der Waals surface area (Å²) in [5, 5.41) is 1.91. The molecule has 0 radical (unpaired) electrons. The highest BCUT2D eigenvalue weighted by Crippen LogP contribution is 2.43. The summed E-state index contributed by atoms with van der Waals surface area (Å²) in [6.45, 7) is 8.34. The molecule has 0 amide bonds. The second kappa shape index (κ2) is 18.3. The van der Waals surface area contributed by atoms with Gasteiger partial charge in [0, 0.05) is 14.0 Å². The van der Waals surface area contributed by atoms with Gasteiger partial charge in [0.1, 0.15) is 31.7 Å². The molecular formula is C45H50O9Si. The predicted molar refractivity (Wildman–Crippen MR) is 212 cm³/mol. The van der Waals surface area contributed by atoms with Crippen LogP contribution in [-0.2, 0) is 44.2 Å². The molecule has 0 bridgehead atoms. The van der Waals surface area contributed by atoms with E-state index in [1.54, 1.807) is 31.4 Å². The third-order valence-electron chi connectivity index (χ3n) is 10.0. The van der Waals surface area contributed by atoms with E-state index in [9.17, 15) is 9.59 Å². The Balaban J connectivity index is 1.44. The van der Waals surface area contributed by atoms with Crippen LogP contribution in [0.15, 0.2) is 145 Å². The van der Waals surface area contributed by atoms with Gasteiger partial charge in [-0.3, -0.25) is 4.79 Å². The van der Waals surface area contributed by atoms with Gasteiger partial charge in [0.2, 0.25) is 0 Å². The number of fused-ring (bicyclic) bond motifs is 1. The Morgan fingerprint density at radius 3 is 1.91 bits per heavy atom. The summed E-state index contributed by atoms with van der Waals surface area (Å²) >= 11 is 0. The number of rotatable bonds is 15. The monoisotopic (exact) mass is 762 g/mol. The molecule has 1 aliphatic carbocycles. The second-order valence-corrected chi connectivity index (χ2v) is 19.0. The summed E-state index contributed by atoms with van der Waals surface area (Å²) in [6, 6.07) is 39.5. The van der Waals surface area contributed by atoms with Crippen LogP contribution >= 0.6 is 0 Å². The SMILES string of the molecule is COC1C=C2C(OCOCc3ccccc3)C=C(CO[Si](c3ccccc3)(c3ccccc3)C(C)(C)C)C(OC(=O)c3ccccc3)C2C(COC(C)=O)O1. The lowest BCUT2D eigenvalue weighted by Crippen LogP contribution is -2.67. The quantitative estimate of drug-likeness (QED) is 0.0428. The molecule has 55 heavy (non-hydrogen) atoms. The van der Waals surface area contributed by atoms with Crippen molar-refractivity contribution in [1.82, 2.24) is 0 Å². The van der Waals surface area contributed by atoms with Gasteiger partial charge in [-0.05, 0) is 56.4 Å². The van der Waals surface area contributed by atoms with Crippen LogP contribution in [-0.4, -0.2) is 72.0 Å². The van der Waals surface area contributed by atoms with Crippen LogP contribution < -0.4 is 10.4 Å². The molecule has 0 saturated heterocycles. The number of carbonyl (C=O) groups is 2. The third kappa shape index (κ3) is 9.41. The molecule has 9 nitrogen and oxygen atoms in total. The highest BCUT2D eigenvalue weighted by molar-refractivity contribution is 6.99. The fraction of sp³-hybridized carbons (Fsp3) is 0.333. The molecule has 0 fully saturated rings. The van der Waals surface area contributed by atoms with E-state index in [0.717, 1.165) is 21.5 Å². The number of carbonyl (C=O) groups excluding carboxylic acids is 2. The molecular weight excluding hydrogens is 713 g/mol. The largest absolute Gasteiger partial charge is 0.463 e. The van der Waals surface area contributed by atoms with Crippen LogP contribution in [0.1, 0.15) is 43.6 Å². The summed E-state index contributed by atoms with van der Waals surface area (Å²) in [5.41, 5.74) is 2.87. The van der Waals surface area contributed by atoms with Gasteiger partial charge in [-0.25, -0.2) is 4.79 Å². The van der Waals surface area contributed by atoms with Crippen LogP contribution in [0, 0.1) is 5.92 Å². The maximum Gasteiger partial charge on any atom is 0.338 e. The second-order valence-electron chi connectivity index (χ2n) is 14.7. The topological polar surface area (TPSA) is 98.8 Å². The van der Waals surface area contributed by atoms with Gasteiger partial charge in [0.25, 0.3) is 8.32 Å². The summed E-state index contributed by atoms with van der Waals surface area (Å²) in [7, 11) is -1.51. The van der Waals surface area contributed by atoms with E-state index in [4.69, 9.17) is 32.8 Å². The highest BCUT2D eigenvalue weighted by atomic mass is 28.4. The minimum atomic E-state index is -3.05. The molecule has 6 rings (SSSR count). The summed E-state index contributed by atoms with van der Waals surface area (Å²) in [4.78, 5) is 26.1. The summed E-state index contributed by atoms with van der Waals surface area (Å²) in [6.07, 6.45) is 0.784. The fourth-order valence-corrected chi connectivity index (χ4v) is 12.0. The molecule has 1 aliphatic heterocycles. The number of esters is 2. The smallest absolute Gasteiger partial charge is 0.338 e. The number of methoxy groups -OCH3 is 1. The molecule has 4 aromatic rings. The van der Waals surface area contributed by atoms with Crippen molar-refractivity contribution in [3.05, 3.63) is 156 Å². The maximum absolute atomic E-state index is 14.0. The molecule has 10 heteroatoms. The zero-order chi connectivity index (χ0) is 38.8. The molecule has 5 atom stereocenters. The van der Waals surface area contributed by atoms with Crippen molar-refractivity contribution in [3.63, 3.8) is 0 Å². The van der Waals surface area contributed by atoms with Crippen LogP contribution in [0.2, 0.25) is 5.04 Å². The number of ether oxygens (including phenoxy) is 6. The van der Waals surface area contributed by atoms with E-state index in [-0.39, 0.29) is 25.0 Å². The van der Waals surface area contributed by atoms with Crippen molar-refractivity contribution >= 4 is 30.6 Å². The van der Waals surface area contributed by atoms with Crippen molar-refractivity contribution in [3.8, 4) is 0 Å². The molecule has 288 valence electrons. The highest BCUT2D eigenvalue weighted by Gasteiger charge is 2.52. The minimum absolute atomic E-state index is 0.0233. The molecule has 0 N–H and O–H groups in total. The Morgan fingerprint density at radius 2 is 1.35 bits per heavy atom.